The molecule has 0 spiro atoms. The Morgan fingerprint density at radius 3 is 1.53 bits per heavy atom. The van der Waals surface area contributed by atoms with Crippen LogP contribution in [0.5, 0.6) is 5.75 Å². The summed E-state index contributed by atoms with van der Waals surface area (Å²) >= 11 is 0. The van der Waals surface area contributed by atoms with Gasteiger partial charge in [-0.3, -0.25) is 0 Å². The summed E-state index contributed by atoms with van der Waals surface area (Å²) in [5.41, 5.74) is 1.12. The fourth-order valence-electron chi connectivity index (χ4n) is 6.12. The number of aryl methyl sites for hydroxylation is 1. The summed E-state index contributed by atoms with van der Waals surface area (Å²) in [7, 11) is 0. The topological polar surface area (TPSA) is 304 Å². The molecule has 0 saturated carbocycles. The van der Waals surface area contributed by atoms with Crippen molar-refractivity contribution in [3.63, 3.8) is 0 Å². The van der Waals surface area contributed by atoms with Gasteiger partial charge in [0.1, 0.15) is 79.0 Å². The maximum atomic E-state index is 11.0. The Bertz CT molecular complexity index is 1170. The molecule has 15 atom stereocenters. The van der Waals surface area contributed by atoms with Crippen molar-refractivity contribution in [2.45, 2.75) is 151 Å². The maximum absolute atomic E-state index is 11.0. The van der Waals surface area contributed by atoms with Crippen LogP contribution in [0, 0.1) is 0 Å². The molecule has 3 aliphatic rings. The van der Waals surface area contributed by atoms with Gasteiger partial charge in [0.2, 0.25) is 6.29 Å². The van der Waals surface area contributed by atoms with Gasteiger partial charge < -0.3 is 84.4 Å². The van der Waals surface area contributed by atoms with Gasteiger partial charge in [-0.05, 0) is 30.5 Å². The lowest BCUT2D eigenvalue weighted by atomic mass is 9.96. The van der Waals surface area contributed by atoms with Crippen LogP contribution in [-0.4, -0.2) is 174 Å². The van der Waals surface area contributed by atoms with Crippen LogP contribution in [0.4, 0.5) is 0 Å². The van der Waals surface area contributed by atoms with Crippen LogP contribution in [0.1, 0.15) is 57.9 Å². The van der Waals surface area contributed by atoms with Gasteiger partial charge in [-0.1, -0.05) is 51.2 Å². The van der Waals surface area contributed by atoms with Gasteiger partial charge in [0, 0.05) is 6.92 Å². The van der Waals surface area contributed by atoms with Crippen LogP contribution < -0.4 is 4.74 Å². The van der Waals surface area contributed by atoms with Crippen LogP contribution in [0.3, 0.4) is 0 Å². The molecule has 0 unspecified atom stereocenters. The van der Waals surface area contributed by atoms with E-state index in [1.54, 1.807) is 12.1 Å². The summed E-state index contributed by atoms with van der Waals surface area (Å²) in [5, 5.41) is 111. The summed E-state index contributed by atoms with van der Waals surface area (Å²) < 4.78 is 33.6. The van der Waals surface area contributed by atoms with Crippen LogP contribution in [-0.2, 0) is 39.8 Å². The zero-order valence-electron chi connectivity index (χ0n) is 29.7. The van der Waals surface area contributed by atoms with Gasteiger partial charge in [-0.15, -0.1) is 0 Å². The minimum Gasteiger partial charge on any atom is -0.462 e. The molecule has 53 heavy (non-hydrogen) atoms. The molecular formula is C34H56O19. The fourth-order valence-corrected chi connectivity index (χ4v) is 6.12. The van der Waals surface area contributed by atoms with Crippen LogP contribution >= 0.6 is 0 Å². The summed E-state index contributed by atoms with van der Waals surface area (Å²) in [4.78, 5) is 12.5. The Hall–Kier alpha value is -2.15. The SMILES string of the molecule is CC(=O)OO.CCCCCCCCc1ccc(O[C@@H]2O[C@H](CO)[C@@H](O[C@@H]3O[C@H](CO)[C@H](O[C@@H]4O[C@H](CO)[C@H](O)[C@H](O)[C@H]4O)[C@H](O)[C@H]3O)[C@H](O)[C@H]2O)cc1. The zero-order chi connectivity index (χ0) is 39.2. The van der Waals surface area contributed by atoms with Gasteiger partial charge >= 0.3 is 5.97 Å². The lowest BCUT2D eigenvalue weighted by Crippen LogP contribution is -2.66. The predicted molar refractivity (Wildman–Crippen MR) is 178 cm³/mol. The average molecular weight is 769 g/mol. The van der Waals surface area contributed by atoms with E-state index in [4.69, 9.17) is 33.7 Å². The monoisotopic (exact) mass is 768 g/mol. The van der Waals surface area contributed by atoms with E-state index >= 15 is 0 Å². The fraction of sp³-hybridized carbons (Fsp3) is 0.794. The quantitative estimate of drug-likeness (QED) is 0.0468. The number of unbranched alkanes of at least 4 members (excludes halogenated alkanes) is 5. The van der Waals surface area contributed by atoms with E-state index in [0.29, 0.717) is 5.75 Å². The number of ether oxygens (including phenoxy) is 6. The first kappa shape index (κ1) is 45.2. The highest BCUT2D eigenvalue weighted by Gasteiger charge is 2.53. The molecule has 306 valence electrons. The number of rotatable bonds is 16. The molecular weight excluding hydrogens is 712 g/mol. The Balaban J connectivity index is 0.00000141. The lowest BCUT2D eigenvalue weighted by Gasteiger charge is -2.48. The van der Waals surface area contributed by atoms with Crippen molar-refractivity contribution in [1.82, 2.24) is 0 Å². The van der Waals surface area contributed by atoms with Crippen LogP contribution in [0.2, 0.25) is 0 Å². The van der Waals surface area contributed by atoms with E-state index in [-0.39, 0.29) is 0 Å². The zero-order valence-corrected chi connectivity index (χ0v) is 29.7. The van der Waals surface area contributed by atoms with Crippen molar-refractivity contribution in [2.75, 3.05) is 19.8 Å². The molecule has 11 N–H and O–H groups in total. The standard InChI is InChI=1S/C32H52O16.C2H4O3/c1-2-3-4-5-6-7-8-16-9-11-17(12-10-16)43-30-26(41)23(38)28(19(14-34)45-30)48-32-27(42)24(39)29(20(15-35)46-32)47-31-25(40)22(37)21(36)18(13-33)44-31;1-2(3)5-4/h9-12,18-42H,2-8,13-15H2,1H3;4H,1H3/t18-,19-,20-,21+,22+,23-,24-,25-,26-,27-,28-,29+,30-,31+,32+;/m1./s1. The number of carbonyl (C=O) groups is 1. The molecule has 19 nitrogen and oxygen atoms in total. The summed E-state index contributed by atoms with van der Waals surface area (Å²) in [6.07, 6.45) is -16.4. The minimum absolute atomic E-state index is 0.361. The molecule has 1 aromatic rings. The van der Waals surface area contributed by atoms with Crippen molar-refractivity contribution in [3.8, 4) is 5.75 Å². The highest BCUT2D eigenvalue weighted by molar-refractivity contribution is 5.64. The minimum atomic E-state index is -1.91. The highest BCUT2D eigenvalue weighted by atomic mass is 17.1. The third kappa shape index (κ3) is 12.4. The Morgan fingerprint density at radius 2 is 1.04 bits per heavy atom. The van der Waals surface area contributed by atoms with Gasteiger partial charge in [0.05, 0.1) is 19.8 Å². The lowest BCUT2D eigenvalue weighted by molar-refractivity contribution is -0.376. The first-order valence-electron chi connectivity index (χ1n) is 17.8. The molecule has 0 aromatic heterocycles. The molecule has 3 heterocycles. The average Bonchev–Trinajstić information content (AvgIpc) is 3.16. The maximum Gasteiger partial charge on any atom is 0.339 e. The van der Waals surface area contributed by atoms with E-state index in [0.717, 1.165) is 31.7 Å². The van der Waals surface area contributed by atoms with Gasteiger partial charge in [-0.2, -0.15) is 5.26 Å². The first-order chi connectivity index (χ1) is 25.3. The Kier molecular flexibility index (Phi) is 19.1. The second-order valence-corrected chi connectivity index (χ2v) is 13.2. The third-order valence-corrected chi connectivity index (χ3v) is 9.20. The third-order valence-electron chi connectivity index (χ3n) is 9.20. The number of carbonyl (C=O) groups excluding carboxylic acids is 1. The number of hydrogen-bond donors (Lipinski definition) is 11. The molecule has 0 radical (unpaired) electrons. The summed E-state index contributed by atoms with van der Waals surface area (Å²) in [6, 6.07) is 7.25. The van der Waals surface area contributed by atoms with Crippen molar-refractivity contribution in [1.29, 1.82) is 0 Å². The largest absolute Gasteiger partial charge is 0.462 e. The second-order valence-electron chi connectivity index (χ2n) is 13.2. The second kappa shape index (κ2) is 22.4. The Morgan fingerprint density at radius 1 is 0.604 bits per heavy atom. The molecule has 4 rings (SSSR count). The number of aliphatic hydroxyl groups excluding tert-OH is 10. The van der Waals surface area contributed by atoms with E-state index in [1.165, 1.54) is 25.7 Å². The van der Waals surface area contributed by atoms with E-state index in [2.05, 4.69) is 11.8 Å². The molecule has 0 bridgehead atoms. The summed E-state index contributed by atoms with van der Waals surface area (Å²) in [6.45, 7) is 1.04. The highest BCUT2D eigenvalue weighted by Crippen LogP contribution is 2.33. The van der Waals surface area contributed by atoms with Gasteiger partial charge in [0.15, 0.2) is 12.6 Å². The first-order valence-corrected chi connectivity index (χ1v) is 17.8. The van der Waals surface area contributed by atoms with Crippen molar-refractivity contribution >= 4 is 5.97 Å². The molecule has 3 saturated heterocycles. The van der Waals surface area contributed by atoms with E-state index < -0.39 is 118 Å². The van der Waals surface area contributed by atoms with Crippen molar-refractivity contribution in [2.24, 2.45) is 0 Å². The molecule has 3 aliphatic heterocycles. The summed E-state index contributed by atoms with van der Waals surface area (Å²) in [5.74, 6) is -0.329. The van der Waals surface area contributed by atoms with E-state index in [9.17, 15) is 55.9 Å². The molecule has 19 heteroatoms. The molecule has 0 amide bonds. The molecule has 0 aliphatic carbocycles. The normalized spacial score (nSPS) is 37.3. The van der Waals surface area contributed by atoms with E-state index in [1.807, 2.05) is 12.1 Å². The smallest absolute Gasteiger partial charge is 0.339 e. The number of aliphatic hydroxyl groups is 10. The van der Waals surface area contributed by atoms with Crippen LogP contribution in [0.15, 0.2) is 24.3 Å². The van der Waals surface area contributed by atoms with Gasteiger partial charge in [0.25, 0.3) is 0 Å². The Labute approximate surface area is 306 Å². The molecule has 3 fully saturated rings. The van der Waals surface area contributed by atoms with Crippen molar-refractivity contribution in [3.05, 3.63) is 29.8 Å². The predicted octanol–water partition coefficient (Wildman–Crippen LogP) is -2.56. The van der Waals surface area contributed by atoms with Crippen LogP contribution in [0.25, 0.3) is 0 Å². The number of hydrogen-bond acceptors (Lipinski definition) is 19. The molecule has 1 aromatic carbocycles. The number of benzene rings is 1. The van der Waals surface area contributed by atoms with Crippen molar-refractivity contribution < 1.29 is 94.4 Å². The van der Waals surface area contributed by atoms with Gasteiger partial charge in [-0.25, -0.2) is 4.79 Å².